The summed E-state index contributed by atoms with van der Waals surface area (Å²) in [6.45, 7) is 7.08. The molecule has 1 rings (SSSR count). The second-order valence-corrected chi connectivity index (χ2v) is 9.98. The van der Waals surface area contributed by atoms with Crippen molar-refractivity contribution in [2.24, 2.45) is 0 Å². The second-order valence-electron chi connectivity index (χ2n) is 4.96. The number of anilines is 1. The van der Waals surface area contributed by atoms with Crippen LogP contribution < -0.4 is 4.90 Å². The third-order valence-electron chi connectivity index (χ3n) is 2.01. The number of rotatable bonds is 3. The van der Waals surface area contributed by atoms with Gasteiger partial charge in [0.2, 0.25) is 0 Å². The summed E-state index contributed by atoms with van der Waals surface area (Å²) in [7, 11) is 3.06. The number of nitrogens with zero attached hydrogens (tertiary/aromatic N) is 1. The molecule has 1 aromatic rings. The first-order valence-corrected chi connectivity index (χ1v) is 8.60. The first kappa shape index (κ1) is 11.2. The third-order valence-corrected chi connectivity index (χ3v) is 3.18. The van der Waals surface area contributed by atoms with Gasteiger partial charge in [-0.25, -0.2) is 0 Å². The van der Waals surface area contributed by atoms with E-state index in [-0.39, 0.29) is 0 Å². The average molecular weight is 206 g/mol. The van der Waals surface area contributed by atoms with Crippen LogP contribution in [0.2, 0.25) is 19.6 Å². The van der Waals surface area contributed by atoms with Gasteiger partial charge in [0, 0.05) is 8.07 Å². The molecule has 1 nitrogen and oxygen atoms in total. The second kappa shape index (κ2) is 4.09. The van der Waals surface area contributed by atoms with Crippen LogP contribution in [0.5, 0.6) is 0 Å². The van der Waals surface area contributed by atoms with E-state index in [1.54, 1.807) is 0 Å². The quantitative estimate of drug-likeness (QED) is 0.542. The van der Waals surface area contributed by atoms with Crippen molar-refractivity contribution in [2.45, 2.75) is 19.6 Å². The molecule has 14 heavy (non-hydrogen) atoms. The lowest BCUT2D eigenvalue weighted by Crippen LogP contribution is -2.23. The number of hydrogen-bond acceptors (Lipinski definition) is 1. The van der Waals surface area contributed by atoms with Gasteiger partial charge in [-0.2, -0.15) is 17.7 Å². The number of benzene rings is 1. The van der Waals surface area contributed by atoms with E-state index in [1.807, 2.05) is 0 Å². The molecule has 0 aliphatic carbocycles. The minimum absolute atomic E-state index is 1.13. The summed E-state index contributed by atoms with van der Waals surface area (Å²) in [6, 6.07) is 11.0. The van der Waals surface area contributed by atoms with Gasteiger partial charge in [-0.1, -0.05) is 37.5 Å². The van der Waals surface area contributed by atoms with Crippen LogP contribution in [0.3, 0.4) is 0 Å². The van der Waals surface area contributed by atoms with E-state index in [2.05, 4.69) is 68.9 Å². The molecule has 0 fully saturated rings. The Hall–Kier alpha value is -0.893. The van der Waals surface area contributed by atoms with Crippen molar-refractivity contribution >= 4 is 13.8 Å². The van der Waals surface area contributed by atoms with Gasteiger partial charge in [-0.05, 0) is 14.1 Å². The van der Waals surface area contributed by atoms with Crippen LogP contribution in [-0.4, -0.2) is 22.2 Å². The molecule has 0 bridgehead atoms. The average Bonchev–Trinajstić information content (AvgIpc) is 2.01. The molecule has 0 amide bonds. The summed E-state index contributed by atoms with van der Waals surface area (Å²) >= 11 is 0. The van der Waals surface area contributed by atoms with Crippen molar-refractivity contribution in [3.05, 3.63) is 35.9 Å². The smallest absolute Gasteiger partial charge is 0.00847 e. The van der Waals surface area contributed by atoms with Crippen LogP contribution in [-0.2, 0) is 0 Å². The van der Waals surface area contributed by atoms with Crippen LogP contribution >= 0.6 is 0 Å². The van der Waals surface area contributed by atoms with E-state index in [9.17, 15) is 0 Å². The standard InChI is InChI=1S/C12H20NSi/c1-13(2)12-9-7-6-8-11(12)10-14(3,4)5/h6-10H,1-5H3/q-1. The minimum Gasteiger partial charge on any atom is -0.428 e. The van der Waals surface area contributed by atoms with Crippen LogP contribution in [0.25, 0.3) is 0 Å². The summed E-state index contributed by atoms with van der Waals surface area (Å²) in [6.07, 6.45) is 0. The van der Waals surface area contributed by atoms with Crippen LogP contribution in [0, 0.1) is 6.04 Å². The van der Waals surface area contributed by atoms with E-state index < -0.39 is 8.07 Å². The molecule has 0 aliphatic heterocycles. The fourth-order valence-corrected chi connectivity index (χ4v) is 2.66. The first-order valence-electron chi connectivity index (χ1n) is 5.02. The molecule has 0 unspecified atom stereocenters. The Morgan fingerprint density at radius 3 is 2.14 bits per heavy atom. The highest BCUT2D eigenvalue weighted by molar-refractivity contribution is 6.80. The highest BCUT2D eigenvalue weighted by atomic mass is 28.3. The molecule has 0 N–H and O–H groups in total. The number of hydrogen-bond donors (Lipinski definition) is 0. The van der Waals surface area contributed by atoms with Crippen molar-refractivity contribution in [3.8, 4) is 0 Å². The van der Waals surface area contributed by atoms with Gasteiger partial charge in [-0.15, -0.1) is 6.07 Å². The normalized spacial score (nSPS) is 11.2. The SMILES string of the molecule is CN(C)c1ccccc1[CH-][Si](C)(C)C. The number of para-hydroxylation sites is 1. The zero-order valence-electron chi connectivity index (χ0n) is 9.83. The van der Waals surface area contributed by atoms with E-state index in [0.29, 0.717) is 0 Å². The Bertz CT molecular complexity index is 299. The summed E-state index contributed by atoms with van der Waals surface area (Å²) in [5.41, 5.74) is 2.69. The molecule has 0 saturated carbocycles. The first-order chi connectivity index (χ1) is 6.40. The zero-order valence-corrected chi connectivity index (χ0v) is 10.8. The van der Waals surface area contributed by atoms with Gasteiger partial charge in [0.1, 0.15) is 0 Å². The fourth-order valence-electron chi connectivity index (χ4n) is 1.48. The molecule has 0 aliphatic rings. The van der Waals surface area contributed by atoms with Crippen molar-refractivity contribution < 1.29 is 0 Å². The topological polar surface area (TPSA) is 3.24 Å². The molecule has 0 atom stereocenters. The molecular formula is C12H20NSi-. The van der Waals surface area contributed by atoms with E-state index >= 15 is 0 Å². The van der Waals surface area contributed by atoms with Gasteiger partial charge in [0.05, 0.1) is 0 Å². The summed E-state index contributed by atoms with van der Waals surface area (Å²) in [5, 5.41) is 0. The maximum absolute atomic E-state index is 2.45. The summed E-state index contributed by atoms with van der Waals surface area (Å²) < 4.78 is 0. The Balaban J connectivity index is 2.96. The lowest BCUT2D eigenvalue weighted by molar-refractivity contribution is 1.12. The van der Waals surface area contributed by atoms with Gasteiger partial charge < -0.3 is 4.90 Å². The van der Waals surface area contributed by atoms with E-state index in [0.717, 1.165) is 0 Å². The molecule has 0 spiro atoms. The predicted molar refractivity (Wildman–Crippen MR) is 67.5 cm³/mol. The highest BCUT2D eigenvalue weighted by Gasteiger charge is 2.09. The van der Waals surface area contributed by atoms with Gasteiger partial charge in [0.15, 0.2) is 0 Å². The van der Waals surface area contributed by atoms with Crippen molar-refractivity contribution in [1.82, 2.24) is 0 Å². The zero-order chi connectivity index (χ0) is 10.8. The van der Waals surface area contributed by atoms with Gasteiger partial charge >= 0.3 is 0 Å². The molecule has 0 heterocycles. The molecule has 1 aromatic carbocycles. The monoisotopic (exact) mass is 206 g/mol. The highest BCUT2D eigenvalue weighted by Crippen LogP contribution is 2.23. The van der Waals surface area contributed by atoms with Gasteiger partial charge in [-0.3, -0.25) is 0 Å². The lowest BCUT2D eigenvalue weighted by Gasteiger charge is -2.30. The largest absolute Gasteiger partial charge is 0.428 e. The molecular weight excluding hydrogens is 186 g/mol. The van der Waals surface area contributed by atoms with Crippen LogP contribution in [0.4, 0.5) is 5.69 Å². The molecule has 0 radical (unpaired) electrons. The predicted octanol–water partition coefficient (Wildman–Crippen LogP) is 3.18. The Kier molecular flexibility index (Phi) is 3.27. The Labute approximate surface area is 88.8 Å². The van der Waals surface area contributed by atoms with Crippen LogP contribution in [0.15, 0.2) is 24.3 Å². The maximum Gasteiger partial charge on any atom is 0.00847 e. The molecule has 0 aromatic heterocycles. The third kappa shape index (κ3) is 3.11. The lowest BCUT2D eigenvalue weighted by atomic mass is 10.2. The summed E-state index contributed by atoms with van der Waals surface area (Å²) in [5.74, 6) is 0. The minimum atomic E-state index is -1.13. The Morgan fingerprint density at radius 1 is 1.07 bits per heavy atom. The Morgan fingerprint density at radius 2 is 1.64 bits per heavy atom. The summed E-state index contributed by atoms with van der Waals surface area (Å²) in [4.78, 5) is 2.17. The molecule has 78 valence electrons. The van der Waals surface area contributed by atoms with Crippen molar-refractivity contribution in [3.63, 3.8) is 0 Å². The van der Waals surface area contributed by atoms with Crippen molar-refractivity contribution in [2.75, 3.05) is 19.0 Å². The van der Waals surface area contributed by atoms with Crippen LogP contribution in [0.1, 0.15) is 5.56 Å². The van der Waals surface area contributed by atoms with Crippen molar-refractivity contribution in [1.29, 1.82) is 0 Å². The van der Waals surface area contributed by atoms with Gasteiger partial charge in [0.25, 0.3) is 0 Å². The molecule has 0 saturated heterocycles. The van der Waals surface area contributed by atoms with E-state index in [4.69, 9.17) is 0 Å². The van der Waals surface area contributed by atoms with E-state index in [1.165, 1.54) is 11.3 Å². The molecule has 2 heteroatoms. The fraction of sp³-hybridized carbons (Fsp3) is 0.417. The maximum atomic E-state index is 2.45.